The van der Waals surface area contributed by atoms with Crippen LogP contribution in [0.15, 0.2) is 30.7 Å². The number of hydrogen-bond acceptors (Lipinski definition) is 4. The van der Waals surface area contributed by atoms with Crippen LogP contribution in [0, 0.1) is 0 Å². The van der Waals surface area contributed by atoms with E-state index in [-0.39, 0.29) is 0 Å². The van der Waals surface area contributed by atoms with Crippen molar-refractivity contribution in [3.05, 3.63) is 46.9 Å². The van der Waals surface area contributed by atoms with E-state index in [1.54, 1.807) is 6.33 Å². The number of anilines is 2. The fraction of sp³-hybridized carbons (Fsp3) is 0.333. The van der Waals surface area contributed by atoms with Gasteiger partial charge in [0, 0.05) is 29.0 Å². The van der Waals surface area contributed by atoms with E-state index in [0.29, 0.717) is 6.54 Å². The summed E-state index contributed by atoms with van der Waals surface area (Å²) in [6, 6.07) is 6.07. The first-order valence-electron chi connectivity index (χ1n) is 6.84. The van der Waals surface area contributed by atoms with Crippen LogP contribution >= 0.6 is 11.6 Å². The van der Waals surface area contributed by atoms with Crippen LogP contribution in [0.25, 0.3) is 0 Å². The SMILES string of the molecule is NCCCN1c2cc(Cl)ccc2CCc2cncnc21. The van der Waals surface area contributed by atoms with Gasteiger partial charge in [-0.2, -0.15) is 0 Å². The highest BCUT2D eigenvalue weighted by atomic mass is 35.5. The summed E-state index contributed by atoms with van der Waals surface area (Å²) >= 11 is 6.17. The first-order chi connectivity index (χ1) is 9.79. The Labute approximate surface area is 123 Å². The Balaban J connectivity index is 2.10. The molecule has 3 rings (SSSR count). The third kappa shape index (κ3) is 2.49. The van der Waals surface area contributed by atoms with Crippen LogP contribution in [-0.2, 0) is 12.8 Å². The van der Waals surface area contributed by atoms with E-state index in [9.17, 15) is 0 Å². The lowest BCUT2D eigenvalue weighted by Crippen LogP contribution is -2.23. The molecule has 0 atom stereocenters. The van der Waals surface area contributed by atoms with Crippen molar-refractivity contribution in [1.29, 1.82) is 0 Å². The topological polar surface area (TPSA) is 55.0 Å². The number of nitrogens with zero attached hydrogens (tertiary/aromatic N) is 3. The van der Waals surface area contributed by atoms with Crippen molar-refractivity contribution < 1.29 is 0 Å². The summed E-state index contributed by atoms with van der Waals surface area (Å²) in [5, 5.41) is 0.749. The minimum Gasteiger partial charge on any atom is -0.330 e. The van der Waals surface area contributed by atoms with E-state index in [1.807, 2.05) is 18.3 Å². The molecule has 1 aliphatic heterocycles. The number of hydrogen-bond donors (Lipinski definition) is 1. The number of aryl methyl sites for hydroxylation is 2. The van der Waals surface area contributed by atoms with Crippen LogP contribution in [-0.4, -0.2) is 23.1 Å². The molecule has 2 heterocycles. The lowest BCUT2D eigenvalue weighted by atomic mass is 10.1. The first-order valence-corrected chi connectivity index (χ1v) is 7.22. The van der Waals surface area contributed by atoms with Gasteiger partial charge in [-0.05, 0) is 43.5 Å². The Kier molecular flexibility index (Phi) is 3.85. The van der Waals surface area contributed by atoms with Gasteiger partial charge in [-0.3, -0.25) is 0 Å². The lowest BCUT2D eigenvalue weighted by molar-refractivity contribution is 0.806. The first kappa shape index (κ1) is 13.3. The van der Waals surface area contributed by atoms with Crippen molar-refractivity contribution in [2.45, 2.75) is 19.3 Å². The van der Waals surface area contributed by atoms with Gasteiger partial charge >= 0.3 is 0 Å². The molecule has 0 radical (unpaired) electrons. The van der Waals surface area contributed by atoms with Gasteiger partial charge in [0.1, 0.15) is 12.1 Å². The van der Waals surface area contributed by atoms with E-state index in [2.05, 4.69) is 20.9 Å². The summed E-state index contributed by atoms with van der Waals surface area (Å²) in [5.41, 5.74) is 9.28. The normalized spacial score (nSPS) is 13.6. The quantitative estimate of drug-likeness (QED) is 0.943. The maximum absolute atomic E-state index is 6.17. The van der Waals surface area contributed by atoms with Crippen molar-refractivity contribution in [3.63, 3.8) is 0 Å². The molecular weight excluding hydrogens is 272 g/mol. The molecule has 0 saturated carbocycles. The summed E-state index contributed by atoms with van der Waals surface area (Å²) in [6.07, 6.45) is 6.35. The van der Waals surface area contributed by atoms with Crippen LogP contribution in [0.1, 0.15) is 17.5 Å². The predicted octanol–water partition coefficient (Wildman–Crippen LogP) is 2.72. The van der Waals surface area contributed by atoms with Crippen LogP contribution in [0.2, 0.25) is 5.02 Å². The molecule has 0 bridgehead atoms. The van der Waals surface area contributed by atoms with Crippen LogP contribution in [0.3, 0.4) is 0 Å². The highest BCUT2D eigenvalue weighted by molar-refractivity contribution is 6.30. The van der Waals surface area contributed by atoms with Gasteiger partial charge in [-0.15, -0.1) is 0 Å². The average molecular weight is 289 g/mol. The zero-order chi connectivity index (χ0) is 13.9. The van der Waals surface area contributed by atoms with Crippen molar-refractivity contribution in [2.24, 2.45) is 5.73 Å². The molecule has 0 fully saturated rings. The largest absolute Gasteiger partial charge is 0.330 e. The standard InChI is InChI=1S/C15H17ClN4/c16-13-5-4-11-2-3-12-9-18-10-19-15(12)20(7-1-6-17)14(11)8-13/h4-5,8-10H,1-3,6-7,17H2. The molecule has 0 aliphatic carbocycles. The van der Waals surface area contributed by atoms with E-state index >= 15 is 0 Å². The number of rotatable bonds is 3. The molecule has 0 spiro atoms. The molecule has 1 aromatic carbocycles. The highest BCUT2D eigenvalue weighted by Gasteiger charge is 2.21. The zero-order valence-corrected chi connectivity index (χ0v) is 12.0. The number of aromatic nitrogens is 2. The van der Waals surface area contributed by atoms with Crippen molar-refractivity contribution in [1.82, 2.24) is 9.97 Å². The number of nitrogens with two attached hydrogens (primary N) is 1. The van der Waals surface area contributed by atoms with E-state index in [0.717, 1.165) is 42.3 Å². The monoisotopic (exact) mass is 288 g/mol. The van der Waals surface area contributed by atoms with E-state index in [4.69, 9.17) is 17.3 Å². The number of fused-ring (bicyclic) bond motifs is 2. The third-order valence-electron chi connectivity index (χ3n) is 3.61. The molecule has 0 unspecified atom stereocenters. The fourth-order valence-corrected chi connectivity index (χ4v) is 2.80. The van der Waals surface area contributed by atoms with Gasteiger partial charge in [-0.1, -0.05) is 17.7 Å². The second-order valence-electron chi connectivity index (χ2n) is 4.94. The van der Waals surface area contributed by atoms with Gasteiger partial charge < -0.3 is 10.6 Å². The Morgan fingerprint density at radius 3 is 2.95 bits per heavy atom. The van der Waals surface area contributed by atoms with E-state index < -0.39 is 0 Å². The summed E-state index contributed by atoms with van der Waals surface area (Å²) in [5.74, 6) is 0.981. The summed E-state index contributed by atoms with van der Waals surface area (Å²) < 4.78 is 0. The summed E-state index contributed by atoms with van der Waals surface area (Å²) in [4.78, 5) is 10.8. The molecule has 2 aromatic rings. The highest BCUT2D eigenvalue weighted by Crippen LogP contribution is 2.35. The van der Waals surface area contributed by atoms with Crippen molar-refractivity contribution in [2.75, 3.05) is 18.0 Å². The third-order valence-corrected chi connectivity index (χ3v) is 3.84. The van der Waals surface area contributed by atoms with Crippen LogP contribution in [0.5, 0.6) is 0 Å². The molecule has 5 heteroatoms. The Hall–Kier alpha value is -1.65. The Morgan fingerprint density at radius 1 is 1.25 bits per heavy atom. The maximum Gasteiger partial charge on any atom is 0.139 e. The Morgan fingerprint density at radius 2 is 2.10 bits per heavy atom. The Bertz CT molecular complexity index is 615. The minimum absolute atomic E-state index is 0.660. The second kappa shape index (κ2) is 5.77. The molecule has 2 N–H and O–H groups in total. The molecule has 20 heavy (non-hydrogen) atoms. The van der Waals surface area contributed by atoms with Crippen LogP contribution < -0.4 is 10.6 Å². The molecule has 0 saturated heterocycles. The van der Waals surface area contributed by atoms with Crippen molar-refractivity contribution in [3.8, 4) is 0 Å². The van der Waals surface area contributed by atoms with E-state index in [1.165, 1.54) is 11.1 Å². The average Bonchev–Trinajstić information content (AvgIpc) is 2.62. The molecular formula is C15H17ClN4. The lowest BCUT2D eigenvalue weighted by Gasteiger charge is -2.25. The summed E-state index contributed by atoms with van der Waals surface area (Å²) in [7, 11) is 0. The summed E-state index contributed by atoms with van der Waals surface area (Å²) in [6.45, 7) is 1.50. The molecule has 104 valence electrons. The zero-order valence-electron chi connectivity index (χ0n) is 11.2. The molecule has 4 nitrogen and oxygen atoms in total. The number of halogens is 1. The minimum atomic E-state index is 0.660. The van der Waals surface area contributed by atoms with Crippen molar-refractivity contribution >= 4 is 23.1 Å². The van der Waals surface area contributed by atoms with Gasteiger partial charge in [0.15, 0.2) is 0 Å². The van der Waals surface area contributed by atoms with Gasteiger partial charge in [0.25, 0.3) is 0 Å². The maximum atomic E-state index is 6.17. The van der Waals surface area contributed by atoms with Gasteiger partial charge in [0.2, 0.25) is 0 Å². The number of benzene rings is 1. The molecule has 1 aromatic heterocycles. The van der Waals surface area contributed by atoms with Crippen LogP contribution in [0.4, 0.5) is 11.5 Å². The molecule has 1 aliphatic rings. The predicted molar refractivity (Wildman–Crippen MR) is 81.6 cm³/mol. The van der Waals surface area contributed by atoms with Gasteiger partial charge in [0.05, 0.1) is 0 Å². The molecule has 0 amide bonds. The second-order valence-corrected chi connectivity index (χ2v) is 5.37. The van der Waals surface area contributed by atoms with Gasteiger partial charge in [-0.25, -0.2) is 9.97 Å². The fourth-order valence-electron chi connectivity index (χ4n) is 2.63. The smallest absolute Gasteiger partial charge is 0.139 e.